The van der Waals surface area contributed by atoms with E-state index in [1.807, 2.05) is 53.5 Å². The number of aliphatic imine (C=N–C) groups is 2. The topological polar surface area (TPSA) is 71.3 Å². The summed E-state index contributed by atoms with van der Waals surface area (Å²) >= 11 is 0. The number of hydrogen-bond acceptors (Lipinski definition) is 4. The highest BCUT2D eigenvalue weighted by Crippen LogP contribution is 2.26. The van der Waals surface area contributed by atoms with Crippen molar-refractivity contribution in [2.24, 2.45) is 21.8 Å². The Kier molecular flexibility index (Phi) is 6.75. The predicted octanol–water partition coefficient (Wildman–Crippen LogP) is 3.77. The van der Waals surface area contributed by atoms with Crippen molar-refractivity contribution in [2.75, 3.05) is 20.2 Å². The van der Waals surface area contributed by atoms with E-state index in [-0.39, 0.29) is 24.3 Å². The minimum absolute atomic E-state index is 0.0578. The van der Waals surface area contributed by atoms with Crippen LogP contribution in [0.15, 0.2) is 58.6 Å². The van der Waals surface area contributed by atoms with E-state index in [0.717, 1.165) is 43.4 Å². The van der Waals surface area contributed by atoms with Crippen LogP contribution in [0.25, 0.3) is 0 Å². The second-order valence-electron chi connectivity index (χ2n) is 8.32. The lowest BCUT2D eigenvalue weighted by Crippen LogP contribution is -2.42. The number of amidine groups is 1. The molecule has 0 N–H and O–H groups in total. The van der Waals surface area contributed by atoms with Crippen molar-refractivity contribution in [1.82, 2.24) is 4.90 Å². The number of ether oxygens (including phenoxy) is 1. The average Bonchev–Trinajstić information content (AvgIpc) is 2.82. The van der Waals surface area contributed by atoms with Gasteiger partial charge in [0.2, 0.25) is 5.91 Å². The highest BCUT2D eigenvalue weighted by atomic mass is 16.5. The number of amides is 2. The smallest absolute Gasteiger partial charge is 0.260 e. The normalized spacial score (nSPS) is 20.7. The number of benzene rings is 1. The van der Waals surface area contributed by atoms with Gasteiger partial charge in [-0.25, -0.2) is 4.99 Å². The van der Waals surface area contributed by atoms with Crippen LogP contribution in [0, 0.1) is 11.8 Å². The van der Waals surface area contributed by atoms with Gasteiger partial charge in [0.25, 0.3) is 5.91 Å². The molecule has 0 radical (unpaired) electrons. The highest BCUT2D eigenvalue weighted by Gasteiger charge is 2.30. The number of carbonyl (C=O) groups excluding carboxylic acids is 2. The van der Waals surface area contributed by atoms with Gasteiger partial charge in [0.15, 0.2) is 5.84 Å². The maximum absolute atomic E-state index is 13.4. The zero-order valence-electron chi connectivity index (χ0n) is 18.0. The van der Waals surface area contributed by atoms with Crippen LogP contribution in [-0.4, -0.2) is 48.5 Å². The molecule has 2 aliphatic carbocycles. The van der Waals surface area contributed by atoms with Gasteiger partial charge >= 0.3 is 0 Å². The zero-order chi connectivity index (χ0) is 21.6. The standard InChI is InChI=1S/C25H29N3O3/c1-31-20-13-11-18(12-14-20)15-16-28(25(30)19-7-3-2-4-8-19)17-23-26-22-10-6-5-9-21(22)24(29)27-23/h5-6,9-14,19,21H,2-4,7-8,15-17H2,1H3. The fourth-order valence-corrected chi connectivity index (χ4v) is 4.39. The molecule has 1 fully saturated rings. The minimum atomic E-state index is -0.393. The molecule has 1 aromatic carbocycles. The van der Waals surface area contributed by atoms with E-state index in [9.17, 15) is 9.59 Å². The molecule has 2 amide bonds. The van der Waals surface area contributed by atoms with E-state index in [1.54, 1.807) is 7.11 Å². The van der Waals surface area contributed by atoms with Crippen LogP contribution in [0.3, 0.4) is 0 Å². The molecule has 1 aliphatic heterocycles. The lowest BCUT2D eigenvalue weighted by molar-refractivity contribution is -0.135. The van der Waals surface area contributed by atoms with Gasteiger partial charge < -0.3 is 9.64 Å². The number of hydrogen-bond donors (Lipinski definition) is 0. The molecule has 0 spiro atoms. The van der Waals surface area contributed by atoms with Gasteiger partial charge in [0, 0.05) is 12.5 Å². The van der Waals surface area contributed by atoms with Crippen molar-refractivity contribution in [3.8, 4) is 5.75 Å². The minimum Gasteiger partial charge on any atom is -0.497 e. The van der Waals surface area contributed by atoms with Crippen LogP contribution >= 0.6 is 0 Å². The maximum atomic E-state index is 13.4. The quantitative estimate of drug-likeness (QED) is 0.675. The van der Waals surface area contributed by atoms with Gasteiger partial charge in [-0.1, -0.05) is 49.6 Å². The Morgan fingerprint density at radius 2 is 1.87 bits per heavy atom. The van der Waals surface area contributed by atoms with E-state index < -0.39 is 5.92 Å². The lowest BCUT2D eigenvalue weighted by Gasteiger charge is -2.30. The number of methoxy groups -OCH3 is 1. The molecule has 1 unspecified atom stereocenters. The van der Waals surface area contributed by atoms with Crippen molar-refractivity contribution in [2.45, 2.75) is 38.5 Å². The van der Waals surface area contributed by atoms with E-state index in [1.165, 1.54) is 6.42 Å². The summed E-state index contributed by atoms with van der Waals surface area (Å²) in [4.78, 5) is 36.5. The van der Waals surface area contributed by atoms with Crippen molar-refractivity contribution < 1.29 is 14.3 Å². The summed E-state index contributed by atoms with van der Waals surface area (Å²) < 4.78 is 5.23. The summed E-state index contributed by atoms with van der Waals surface area (Å²) in [5.41, 5.74) is 1.84. The molecule has 6 heteroatoms. The van der Waals surface area contributed by atoms with Gasteiger partial charge in [-0.2, -0.15) is 4.99 Å². The molecule has 1 heterocycles. The molecule has 0 aromatic heterocycles. The third kappa shape index (κ3) is 5.19. The molecule has 162 valence electrons. The van der Waals surface area contributed by atoms with Gasteiger partial charge in [-0.05, 0) is 43.0 Å². The fourth-order valence-electron chi connectivity index (χ4n) is 4.39. The summed E-state index contributed by atoms with van der Waals surface area (Å²) in [5, 5.41) is 0. The Balaban J connectivity index is 1.49. The molecular formula is C25H29N3O3. The lowest BCUT2D eigenvalue weighted by atomic mass is 9.88. The number of fused-ring (bicyclic) bond motifs is 1. The van der Waals surface area contributed by atoms with Crippen LogP contribution < -0.4 is 4.74 Å². The largest absolute Gasteiger partial charge is 0.497 e. The zero-order valence-corrected chi connectivity index (χ0v) is 18.0. The Morgan fingerprint density at radius 3 is 2.61 bits per heavy atom. The van der Waals surface area contributed by atoms with Gasteiger partial charge in [0.05, 0.1) is 19.4 Å². The molecule has 1 atom stereocenters. The first-order chi connectivity index (χ1) is 15.1. The summed E-state index contributed by atoms with van der Waals surface area (Å²) in [6, 6.07) is 7.91. The Morgan fingerprint density at radius 1 is 1.10 bits per heavy atom. The summed E-state index contributed by atoms with van der Waals surface area (Å²) in [7, 11) is 1.65. The highest BCUT2D eigenvalue weighted by molar-refractivity contribution is 6.21. The van der Waals surface area contributed by atoms with Gasteiger partial charge in [-0.3, -0.25) is 9.59 Å². The van der Waals surface area contributed by atoms with E-state index in [4.69, 9.17) is 4.74 Å². The third-order valence-electron chi connectivity index (χ3n) is 6.19. The molecule has 0 saturated heterocycles. The van der Waals surface area contributed by atoms with Gasteiger partial charge in [-0.15, -0.1) is 0 Å². The van der Waals surface area contributed by atoms with Crippen molar-refractivity contribution in [3.63, 3.8) is 0 Å². The average molecular weight is 420 g/mol. The SMILES string of the molecule is COc1ccc(CCN(CC2=NC(=O)C3C=CC=CC3=N2)C(=O)C2CCCCC2)cc1. The fraction of sp³-hybridized carbons (Fsp3) is 0.440. The first kappa shape index (κ1) is 21.2. The molecule has 1 saturated carbocycles. The van der Waals surface area contributed by atoms with Crippen LogP contribution in [0.1, 0.15) is 37.7 Å². The first-order valence-corrected chi connectivity index (χ1v) is 11.1. The number of rotatable bonds is 7. The first-order valence-electron chi connectivity index (χ1n) is 11.1. The Bertz CT molecular complexity index is 937. The molecule has 31 heavy (non-hydrogen) atoms. The van der Waals surface area contributed by atoms with Crippen molar-refractivity contribution in [1.29, 1.82) is 0 Å². The van der Waals surface area contributed by atoms with E-state index in [2.05, 4.69) is 9.98 Å². The van der Waals surface area contributed by atoms with E-state index in [0.29, 0.717) is 18.1 Å². The third-order valence-corrected chi connectivity index (χ3v) is 6.19. The molecule has 3 aliphatic rings. The molecule has 4 rings (SSSR count). The number of nitrogens with zero attached hydrogens (tertiary/aromatic N) is 3. The second-order valence-corrected chi connectivity index (χ2v) is 8.32. The summed E-state index contributed by atoms with van der Waals surface area (Å²) in [6.45, 7) is 0.837. The molecule has 6 nitrogen and oxygen atoms in total. The van der Waals surface area contributed by atoms with Crippen molar-refractivity contribution in [3.05, 3.63) is 54.1 Å². The van der Waals surface area contributed by atoms with Crippen LogP contribution in [0.4, 0.5) is 0 Å². The van der Waals surface area contributed by atoms with Gasteiger partial charge in [0.1, 0.15) is 11.7 Å². The molecule has 0 bridgehead atoms. The maximum Gasteiger partial charge on any atom is 0.260 e. The van der Waals surface area contributed by atoms with E-state index >= 15 is 0 Å². The Hall–Kier alpha value is -3.02. The summed E-state index contributed by atoms with van der Waals surface area (Å²) in [6.07, 6.45) is 13.4. The number of allylic oxidation sites excluding steroid dienone is 3. The second kappa shape index (κ2) is 9.86. The van der Waals surface area contributed by atoms with Crippen molar-refractivity contribution >= 4 is 23.4 Å². The monoisotopic (exact) mass is 419 g/mol. The Labute approximate surface area is 183 Å². The molecule has 1 aromatic rings. The van der Waals surface area contributed by atoms with Crippen LogP contribution in [0.5, 0.6) is 5.75 Å². The predicted molar refractivity (Wildman–Crippen MR) is 122 cm³/mol. The van der Waals surface area contributed by atoms with Crippen LogP contribution in [0.2, 0.25) is 0 Å². The number of carbonyl (C=O) groups is 2. The van der Waals surface area contributed by atoms with Crippen LogP contribution in [-0.2, 0) is 16.0 Å². The summed E-state index contributed by atoms with van der Waals surface area (Å²) in [5.74, 6) is 0.854. The molecular weight excluding hydrogens is 390 g/mol.